The lowest BCUT2D eigenvalue weighted by molar-refractivity contribution is 0.0763. The van der Waals surface area contributed by atoms with Gasteiger partial charge in [-0.05, 0) is 43.2 Å². The average Bonchev–Trinajstić information content (AvgIpc) is 3.27. The minimum absolute atomic E-state index is 0.0341. The third-order valence-corrected chi connectivity index (χ3v) is 7.20. The molecule has 1 saturated heterocycles. The Morgan fingerprint density at radius 2 is 1.82 bits per heavy atom. The van der Waals surface area contributed by atoms with Crippen LogP contribution in [0, 0.1) is 6.92 Å². The molecule has 0 spiro atoms. The van der Waals surface area contributed by atoms with Gasteiger partial charge >= 0.3 is 0 Å². The van der Waals surface area contributed by atoms with Gasteiger partial charge in [0, 0.05) is 50.6 Å². The van der Waals surface area contributed by atoms with Gasteiger partial charge in [0.05, 0.1) is 12.7 Å². The molecule has 0 saturated carbocycles. The molecule has 0 radical (unpaired) electrons. The van der Waals surface area contributed by atoms with Crippen LogP contribution in [0.1, 0.15) is 33.7 Å². The van der Waals surface area contributed by atoms with E-state index in [-0.39, 0.29) is 5.91 Å². The molecule has 9 nitrogen and oxygen atoms in total. The van der Waals surface area contributed by atoms with Crippen LogP contribution in [0.15, 0.2) is 77.6 Å². The molecule has 1 aliphatic rings. The van der Waals surface area contributed by atoms with Crippen molar-refractivity contribution in [3.05, 3.63) is 95.6 Å². The van der Waals surface area contributed by atoms with E-state index in [1.807, 2.05) is 41.3 Å². The number of pyridine rings is 1. The highest BCUT2D eigenvalue weighted by atomic mass is 16.5. The van der Waals surface area contributed by atoms with Crippen molar-refractivity contribution in [2.24, 2.45) is 0 Å². The number of aryl methyl sites for hydroxylation is 1. The maximum atomic E-state index is 13.4. The van der Waals surface area contributed by atoms with Crippen LogP contribution >= 0.6 is 0 Å². The summed E-state index contributed by atoms with van der Waals surface area (Å²) < 4.78 is 11.2. The van der Waals surface area contributed by atoms with Crippen molar-refractivity contribution >= 4 is 22.8 Å². The summed E-state index contributed by atoms with van der Waals surface area (Å²) in [4.78, 5) is 31.6. The maximum absolute atomic E-state index is 13.4. The van der Waals surface area contributed by atoms with Gasteiger partial charge in [0.2, 0.25) is 0 Å². The lowest BCUT2D eigenvalue weighted by Gasteiger charge is -2.24. The number of carbonyl (C=O) groups is 1. The number of rotatable bonds is 6. The van der Waals surface area contributed by atoms with E-state index in [4.69, 9.17) is 19.2 Å². The molecule has 0 unspecified atom stereocenters. The Kier molecular flexibility index (Phi) is 7.09. The van der Waals surface area contributed by atoms with Crippen LogP contribution in [0.25, 0.3) is 22.4 Å². The van der Waals surface area contributed by atoms with E-state index in [1.54, 1.807) is 19.5 Å². The number of amides is 1. The summed E-state index contributed by atoms with van der Waals surface area (Å²) >= 11 is 0. The Morgan fingerprint density at radius 3 is 2.62 bits per heavy atom. The summed E-state index contributed by atoms with van der Waals surface area (Å²) in [5.41, 5.74) is 4.82. The Balaban J connectivity index is 1.35. The number of methoxy groups -OCH3 is 1. The van der Waals surface area contributed by atoms with Crippen molar-refractivity contribution < 1.29 is 14.1 Å². The molecular formula is C31H30N6O3. The molecule has 5 aromatic rings. The fraction of sp³-hybridized carbons (Fsp3) is 0.258. The Morgan fingerprint density at radius 1 is 0.975 bits per heavy atom. The van der Waals surface area contributed by atoms with Gasteiger partial charge in [0.25, 0.3) is 11.6 Å². The van der Waals surface area contributed by atoms with Gasteiger partial charge in [-0.1, -0.05) is 47.1 Å². The maximum Gasteiger partial charge on any atom is 0.263 e. The van der Waals surface area contributed by atoms with E-state index in [9.17, 15) is 4.79 Å². The predicted molar refractivity (Wildman–Crippen MR) is 153 cm³/mol. The Bertz CT molecular complexity index is 1630. The van der Waals surface area contributed by atoms with E-state index < -0.39 is 0 Å². The number of para-hydroxylation sites is 1. The molecular weight excluding hydrogens is 504 g/mol. The molecule has 0 N–H and O–H groups in total. The molecule has 9 heteroatoms. The third kappa shape index (κ3) is 5.10. The van der Waals surface area contributed by atoms with Crippen molar-refractivity contribution in [1.82, 2.24) is 25.0 Å². The second-order valence-electron chi connectivity index (χ2n) is 9.91. The van der Waals surface area contributed by atoms with Gasteiger partial charge in [-0.15, -0.1) is 0 Å². The first-order valence-electron chi connectivity index (χ1n) is 13.4. The topological polar surface area (TPSA) is 97.5 Å². The van der Waals surface area contributed by atoms with E-state index in [1.165, 1.54) is 5.56 Å². The van der Waals surface area contributed by atoms with Gasteiger partial charge in [0.1, 0.15) is 28.5 Å². The van der Waals surface area contributed by atoms with Crippen molar-refractivity contribution in [3.63, 3.8) is 0 Å². The van der Waals surface area contributed by atoms with Gasteiger partial charge in [-0.3, -0.25) is 9.78 Å². The summed E-state index contributed by atoms with van der Waals surface area (Å²) in [5.74, 6) is 1.97. The molecule has 0 aliphatic carbocycles. The largest absolute Gasteiger partial charge is 0.496 e. The number of ether oxygens (including phenoxy) is 1. The van der Waals surface area contributed by atoms with Gasteiger partial charge in [0.15, 0.2) is 0 Å². The zero-order valence-corrected chi connectivity index (χ0v) is 22.6. The predicted octanol–water partition coefficient (Wildman–Crippen LogP) is 4.94. The summed E-state index contributed by atoms with van der Waals surface area (Å²) in [5, 5.41) is 5.14. The van der Waals surface area contributed by atoms with Crippen LogP contribution in [0.2, 0.25) is 0 Å². The third-order valence-electron chi connectivity index (χ3n) is 7.20. The lowest BCUT2D eigenvalue weighted by atomic mass is 10.1. The van der Waals surface area contributed by atoms with Crippen LogP contribution in [-0.2, 0) is 6.42 Å². The number of benzene rings is 2. The zero-order chi connectivity index (χ0) is 27.5. The number of hydrogen-bond acceptors (Lipinski definition) is 8. The van der Waals surface area contributed by atoms with E-state index in [0.717, 1.165) is 35.3 Å². The van der Waals surface area contributed by atoms with Crippen LogP contribution in [0.4, 0.5) is 5.82 Å². The van der Waals surface area contributed by atoms with Crippen molar-refractivity contribution in [3.8, 4) is 17.0 Å². The van der Waals surface area contributed by atoms with Crippen LogP contribution < -0.4 is 9.64 Å². The summed E-state index contributed by atoms with van der Waals surface area (Å²) in [7, 11) is 1.59. The second-order valence-corrected chi connectivity index (χ2v) is 9.91. The highest BCUT2D eigenvalue weighted by molar-refractivity contribution is 5.98. The van der Waals surface area contributed by atoms with Crippen molar-refractivity contribution in [1.29, 1.82) is 0 Å². The standard InChI is InChI=1S/C31H30N6O3/c1-21-10-12-22(13-11-21)19-26-33-29(27-28(35-40-30(27)34-26)23-7-5-14-32-20-23)36-15-6-16-37(18-17-36)31(38)24-8-3-4-9-25(24)39-2/h3-5,7-14,20H,6,15-19H2,1-2H3. The first-order chi connectivity index (χ1) is 19.6. The molecule has 0 atom stereocenters. The van der Waals surface area contributed by atoms with Crippen LogP contribution in [0.5, 0.6) is 5.75 Å². The summed E-state index contributed by atoms with van der Waals surface area (Å²) in [6.45, 7) is 4.58. The summed E-state index contributed by atoms with van der Waals surface area (Å²) in [6.07, 6.45) is 4.84. The first kappa shape index (κ1) is 25.5. The molecule has 1 aliphatic heterocycles. The second kappa shape index (κ2) is 11.1. The van der Waals surface area contributed by atoms with Crippen molar-refractivity contribution in [2.45, 2.75) is 19.8 Å². The van der Waals surface area contributed by atoms with Crippen molar-refractivity contribution in [2.75, 3.05) is 38.2 Å². The van der Waals surface area contributed by atoms with E-state index in [0.29, 0.717) is 54.6 Å². The average molecular weight is 535 g/mol. The number of carbonyl (C=O) groups excluding carboxylic acids is 1. The number of aromatic nitrogens is 4. The zero-order valence-electron chi connectivity index (χ0n) is 22.6. The van der Waals surface area contributed by atoms with Gasteiger partial charge in [-0.25, -0.2) is 4.98 Å². The minimum Gasteiger partial charge on any atom is -0.496 e. The van der Waals surface area contributed by atoms with Gasteiger partial charge in [-0.2, -0.15) is 4.98 Å². The van der Waals surface area contributed by atoms with Gasteiger partial charge < -0.3 is 19.1 Å². The molecule has 6 rings (SSSR count). The molecule has 0 bridgehead atoms. The molecule has 40 heavy (non-hydrogen) atoms. The highest BCUT2D eigenvalue weighted by Gasteiger charge is 2.27. The summed E-state index contributed by atoms with van der Waals surface area (Å²) in [6, 6.07) is 19.5. The van der Waals surface area contributed by atoms with E-state index in [2.05, 4.69) is 46.2 Å². The smallest absolute Gasteiger partial charge is 0.263 e. The monoisotopic (exact) mass is 534 g/mol. The normalized spacial score (nSPS) is 13.8. The van der Waals surface area contributed by atoms with Crippen LogP contribution in [-0.4, -0.2) is 64.2 Å². The number of anilines is 1. The number of hydrogen-bond donors (Lipinski definition) is 0. The molecule has 1 fully saturated rings. The number of fused-ring (bicyclic) bond motifs is 1. The minimum atomic E-state index is -0.0341. The molecule has 3 aromatic heterocycles. The molecule has 2 aromatic carbocycles. The van der Waals surface area contributed by atoms with Crippen LogP contribution in [0.3, 0.4) is 0 Å². The Hall–Kier alpha value is -4.79. The quantitative estimate of drug-likeness (QED) is 0.302. The molecule has 202 valence electrons. The first-order valence-corrected chi connectivity index (χ1v) is 13.4. The molecule has 1 amide bonds. The fourth-order valence-corrected chi connectivity index (χ4v) is 5.10. The van der Waals surface area contributed by atoms with E-state index >= 15 is 0 Å². The lowest BCUT2D eigenvalue weighted by Crippen LogP contribution is -2.35. The Labute approximate surface area is 232 Å². The molecule has 4 heterocycles. The SMILES string of the molecule is COc1ccccc1C(=O)N1CCCN(c2nc(Cc3ccc(C)cc3)nc3onc(-c4cccnc4)c23)CC1. The fourth-order valence-electron chi connectivity index (χ4n) is 5.10. The number of nitrogens with zero attached hydrogens (tertiary/aromatic N) is 6. The highest BCUT2D eigenvalue weighted by Crippen LogP contribution is 2.34.